The predicted molar refractivity (Wildman–Crippen MR) is 76.1 cm³/mol. The Kier molecular flexibility index (Phi) is 6.34. The van der Waals surface area contributed by atoms with Crippen molar-refractivity contribution in [3.8, 4) is 0 Å². The molecule has 1 atom stereocenters. The number of nitrogens with one attached hydrogen (secondary N) is 1. The molecule has 0 saturated carbocycles. The summed E-state index contributed by atoms with van der Waals surface area (Å²) in [6.45, 7) is 9.29. The Morgan fingerprint density at radius 2 is 1.89 bits per heavy atom. The third kappa shape index (κ3) is 5.63. The monoisotopic (exact) mass is 251 g/mol. The van der Waals surface area contributed by atoms with Gasteiger partial charge in [0.25, 0.3) is 0 Å². The van der Waals surface area contributed by atoms with Crippen molar-refractivity contribution in [3.05, 3.63) is 35.1 Å². The van der Waals surface area contributed by atoms with Crippen LogP contribution in [0.2, 0.25) is 0 Å². The molecule has 0 heterocycles. The minimum atomic E-state index is -0.109. The first-order chi connectivity index (χ1) is 8.49. The van der Waals surface area contributed by atoms with Crippen molar-refractivity contribution in [1.29, 1.82) is 0 Å². The summed E-state index contributed by atoms with van der Waals surface area (Å²) < 4.78 is 13.5. The largest absolute Gasteiger partial charge is 0.310 e. The van der Waals surface area contributed by atoms with Gasteiger partial charge < -0.3 is 5.32 Å². The maximum atomic E-state index is 13.5. The average Bonchev–Trinajstić information content (AvgIpc) is 2.30. The smallest absolute Gasteiger partial charge is 0.127 e. The molecule has 0 fully saturated rings. The first kappa shape index (κ1) is 15.2. The fraction of sp³-hybridized carbons (Fsp3) is 0.625. The third-order valence-corrected chi connectivity index (χ3v) is 3.26. The van der Waals surface area contributed by atoms with Gasteiger partial charge in [0, 0.05) is 18.2 Å². The quantitative estimate of drug-likeness (QED) is 0.755. The van der Waals surface area contributed by atoms with Gasteiger partial charge in [-0.25, -0.2) is 4.39 Å². The van der Waals surface area contributed by atoms with Crippen molar-refractivity contribution in [2.24, 2.45) is 5.92 Å². The second-order valence-corrected chi connectivity index (χ2v) is 5.70. The van der Waals surface area contributed by atoms with Crippen molar-refractivity contribution >= 4 is 0 Å². The zero-order valence-electron chi connectivity index (χ0n) is 12.1. The molecule has 1 unspecified atom stereocenters. The molecule has 1 aromatic rings. The van der Waals surface area contributed by atoms with Gasteiger partial charge in [0.1, 0.15) is 5.82 Å². The van der Waals surface area contributed by atoms with Gasteiger partial charge in [0.05, 0.1) is 0 Å². The molecule has 2 heteroatoms. The van der Waals surface area contributed by atoms with Crippen molar-refractivity contribution in [1.82, 2.24) is 5.32 Å². The minimum absolute atomic E-state index is 0.109. The summed E-state index contributed by atoms with van der Waals surface area (Å²) >= 11 is 0. The Morgan fingerprint density at radius 3 is 2.56 bits per heavy atom. The van der Waals surface area contributed by atoms with Crippen molar-refractivity contribution in [2.45, 2.75) is 59.5 Å². The van der Waals surface area contributed by atoms with E-state index in [9.17, 15) is 4.39 Å². The van der Waals surface area contributed by atoms with Crippen molar-refractivity contribution < 1.29 is 4.39 Å². The molecule has 0 aromatic heterocycles. The van der Waals surface area contributed by atoms with E-state index in [1.807, 2.05) is 19.1 Å². The third-order valence-electron chi connectivity index (χ3n) is 3.26. The lowest BCUT2D eigenvalue weighted by atomic mass is 10.0. The highest BCUT2D eigenvalue weighted by molar-refractivity contribution is 5.23. The Bertz CT molecular complexity index is 360. The minimum Gasteiger partial charge on any atom is -0.310 e. The molecule has 0 aliphatic heterocycles. The molecule has 0 aliphatic rings. The molecule has 0 radical (unpaired) electrons. The molecule has 1 nitrogen and oxygen atoms in total. The molecule has 1 N–H and O–H groups in total. The molecule has 0 aliphatic carbocycles. The molecule has 0 spiro atoms. The lowest BCUT2D eigenvalue weighted by Crippen LogP contribution is -2.25. The van der Waals surface area contributed by atoms with E-state index in [-0.39, 0.29) is 5.82 Å². The Balaban J connectivity index is 2.33. The van der Waals surface area contributed by atoms with Crippen LogP contribution in [0.25, 0.3) is 0 Å². The SMILES string of the molecule is Cc1ccc(F)c(CNC(C)CCCC(C)C)c1. The summed E-state index contributed by atoms with van der Waals surface area (Å²) in [5.41, 5.74) is 1.88. The molecule has 1 aromatic carbocycles. The van der Waals surface area contributed by atoms with Crippen molar-refractivity contribution in [3.63, 3.8) is 0 Å². The predicted octanol–water partition coefficient (Wildman–Crippen LogP) is 4.44. The normalized spacial score (nSPS) is 13.0. The van der Waals surface area contributed by atoms with Gasteiger partial charge in [-0.15, -0.1) is 0 Å². The standard InChI is InChI=1S/C16H26FN/c1-12(2)6-5-7-14(4)18-11-15-10-13(3)8-9-16(15)17/h8-10,12,14,18H,5-7,11H2,1-4H3. The second-order valence-electron chi connectivity index (χ2n) is 5.70. The molecule has 102 valence electrons. The highest BCUT2D eigenvalue weighted by Gasteiger charge is 2.06. The lowest BCUT2D eigenvalue weighted by Gasteiger charge is -2.15. The van der Waals surface area contributed by atoms with E-state index in [1.165, 1.54) is 12.8 Å². The van der Waals surface area contributed by atoms with Crippen LogP contribution >= 0.6 is 0 Å². The zero-order chi connectivity index (χ0) is 13.5. The molecular weight excluding hydrogens is 225 g/mol. The lowest BCUT2D eigenvalue weighted by molar-refractivity contribution is 0.452. The van der Waals surface area contributed by atoms with E-state index in [4.69, 9.17) is 0 Å². The van der Waals surface area contributed by atoms with Crippen LogP contribution in [-0.4, -0.2) is 6.04 Å². The summed E-state index contributed by atoms with van der Waals surface area (Å²) in [6, 6.07) is 5.73. The molecule has 18 heavy (non-hydrogen) atoms. The van der Waals surface area contributed by atoms with Gasteiger partial charge in [-0.3, -0.25) is 0 Å². The van der Waals surface area contributed by atoms with Gasteiger partial charge in [-0.1, -0.05) is 44.4 Å². The Morgan fingerprint density at radius 1 is 1.17 bits per heavy atom. The maximum absolute atomic E-state index is 13.5. The zero-order valence-corrected chi connectivity index (χ0v) is 12.1. The number of rotatable bonds is 7. The van der Waals surface area contributed by atoms with Gasteiger partial charge in [-0.05, 0) is 32.3 Å². The highest BCUT2D eigenvalue weighted by Crippen LogP contribution is 2.11. The van der Waals surface area contributed by atoms with Crippen molar-refractivity contribution in [2.75, 3.05) is 0 Å². The van der Waals surface area contributed by atoms with Crippen LogP contribution in [0.5, 0.6) is 0 Å². The van der Waals surface area contributed by atoms with Gasteiger partial charge >= 0.3 is 0 Å². The topological polar surface area (TPSA) is 12.0 Å². The van der Waals surface area contributed by atoms with E-state index in [2.05, 4.69) is 26.1 Å². The average molecular weight is 251 g/mol. The summed E-state index contributed by atoms with van der Waals surface area (Å²) in [5, 5.41) is 3.40. The molecular formula is C16H26FN. The highest BCUT2D eigenvalue weighted by atomic mass is 19.1. The van der Waals surface area contributed by atoms with Crippen LogP contribution in [0, 0.1) is 18.7 Å². The van der Waals surface area contributed by atoms with Crippen LogP contribution in [0.1, 0.15) is 51.2 Å². The number of hydrogen-bond donors (Lipinski definition) is 1. The van der Waals surface area contributed by atoms with Crippen LogP contribution in [0.15, 0.2) is 18.2 Å². The summed E-state index contributed by atoms with van der Waals surface area (Å²) in [6.07, 6.45) is 3.67. The van der Waals surface area contributed by atoms with E-state index >= 15 is 0 Å². The Hall–Kier alpha value is -0.890. The summed E-state index contributed by atoms with van der Waals surface area (Å²) in [7, 11) is 0. The second kappa shape index (κ2) is 7.52. The number of halogens is 1. The van der Waals surface area contributed by atoms with E-state index in [1.54, 1.807) is 6.07 Å². The van der Waals surface area contributed by atoms with E-state index in [0.717, 1.165) is 23.5 Å². The van der Waals surface area contributed by atoms with Crippen LogP contribution in [0.3, 0.4) is 0 Å². The molecule has 0 bridgehead atoms. The summed E-state index contributed by atoms with van der Waals surface area (Å²) in [5.74, 6) is 0.661. The fourth-order valence-electron chi connectivity index (χ4n) is 2.06. The van der Waals surface area contributed by atoms with Crippen LogP contribution in [-0.2, 0) is 6.54 Å². The Labute approximate surface area is 111 Å². The number of benzene rings is 1. The van der Waals surface area contributed by atoms with E-state index < -0.39 is 0 Å². The number of aryl methyl sites for hydroxylation is 1. The van der Waals surface area contributed by atoms with E-state index in [0.29, 0.717) is 12.6 Å². The molecule has 1 rings (SSSR count). The number of hydrogen-bond acceptors (Lipinski definition) is 1. The first-order valence-electron chi connectivity index (χ1n) is 6.97. The van der Waals surface area contributed by atoms with Gasteiger partial charge in [0.2, 0.25) is 0 Å². The molecule has 0 amide bonds. The van der Waals surface area contributed by atoms with Crippen LogP contribution < -0.4 is 5.32 Å². The molecule has 0 saturated heterocycles. The van der Waals surface area contributed by atoms with Gasteiger partial charge in [-0.2, -0.15) is 0 Å². The van der Waals surface area contributed by atoms with Gasteiger partial charge in [0.15, 0.2) is 0 Å². The van der Waals surface area contributed by atoms with Crippen LogP contribution in [0.4, 0.5) is 4.39 Å². The fourth-order valence-corrected chi connectivity index (χ4v) is 2.06. The maximum Gasteiger partial charge on any atom is 0.127 e. The summed E-state index contributed by atoms with van der Waals surface area (Å²) in [4.78, 5) is 0. The first-order valence-corrected chi connectivity index (χ1v) is 6.97.